The summed E-state index contributed by atoms with van der Waals surface area (Å²) in [6.45, 7) is 11.5. The highest BCUT2D eigenvalue weighted by atomic mass is 32.1. The number of rotatable bonds is 10. The standard InChI is InChI=1S/C30H34N2O4S/c1-6-16-36-22-13-11-21(12-14-22)24-18-37-29(26(24)30(34)35-9-4)31-28(33)27-19(5)23-17-20(7-2)10-15-25(23)32(27)8-3/h10-15,17-18H,6-9,16H2,1-5H3,(H,31,33). The summed E-state index contributed by atoms with van der Waals surface area (Å²) in [5, 5.41) is 6.48. The average molecular weight is 519 g/mol. The summed E-state index contributed by atoms with van der Waals surface area (Å²) in [5.74, 6) is 0.0812. The molecule has 1 amide bonds. The maximum absolute atomic E-state index is 13.7. The number of esters is 1. The Balaban J connectivity index is 1.72. The van der Waals surface area contributed by atoms with Gasteiger partial charge in [0.15, 0.2) is 0 Å². The molecule has 2 aromatic heterocycles. The van der Waals surface area contributed by atoms with E-state index in [1.807, 2.05) is 48.1 Å². The largest absolute Gasteiger partial charge is 0.494 e. The first-order valence-corrected chi connectivity index (χ1v) is 13.8. The lowest BCUT2D eigenvalue weighted by atomic mass is 10.0. The number of hydrogen-bond donors (Lipinski definition) is 1. The summed E-state index contributed by atoms with van der Waals surface area (Å²) in [4.78, 5) is 26.7. The molecule has 1 N–H and O–H groups in total. The molecule has 4 rings (SSSR count). The van der Waals surface area contributed by atoms with Gasteiger partial charge in [0.1, 0.15) is 22.0 Å². The Morgan fingerprint density at radius 3 is 2.43 bits per heavy atom. The van der Waals surface area contributed by atoms with Crippen molar-refractivity contribution in [3.05, 3.63) is 70.2 Å². The third-order valence-electron chi connectivity index (χ3n) is 6.46. The van der Waals surface area contributed by atoms with Gasteiger partial charge < -0.3 is 19.4 Å². The smallest absolute Gasteiger partial charge is 0.341 e. The topological polar surface area (TPSA) is 69.6 Å². The highest BCUT2D eigenvalue weighted by Gasteiger charge is 2.26. The number of carbonyl (C=O) groups is 2. The molecule has 0 aliphatic carbocycles. The zero-order valence-electron chi connectivity index (χ0n) is 22.1. The molecule has 0 saturated carbocycles. The first-order valence-electron chi connectivity index (χ1n) is 12.9. The maximum atomic E-state index is 13.7. The SMILES string of the molecule is CCCOc1ccc(-c2csc(NC(=O)c3c(C)c4cc(CC)ccc4n3CC)c2C(=O)OCC)cc1. The number of thiophene rings is 1. The molecular formula is C30H34N2O4S. The predicted molar refractivity (Wildman–Crippen MR) is 151 cm³/mol. The molecule has 2 aromatic carbocycles. The lowest BCUT2D eigenvalue weighted by Crippen LogP contribution is -2.19. The Kier molecular flexibility index (Phi) is 8.34. The van der Waals surface area contributed by atoms with E-state index in [-0.39, 0.29) is 12.5 Å². The van der Waals surface area contributed by atoms with Gasteiger partial charge in [-0.25, -0.2) is 4.79 Å². The molecule has 0 radical (unpaired) electrons. The van der Waals surface area contributed by atoms with E-state index in [2.05, 4.69) is 37.4 Å². The molecule has 0 unspecified atom stereocenters. The second kappa shape index (κ2) is 11.6. The fourth-order valence-electron chi connectivity index (χ4n) is 4.59. The summed E-state index contributed by atoms with van der Waals surface area (Å²) < 4.78 is 13.1. The molecule has 0 fully saturated rings. The Morgan fingerprint density at radius 2 is 1.78 bits per heavy atom. The van der Waals surface area contributed by atoms with E-state index in [1.165, 1.54) is 16.9 Å². The average Bonchev–Trinajstić information content (AvgIpc) is 3.45. The van der Waals surface area contributed by atoms with Gasteiger partial charge in [0.2, 0.25) is 0 Å². The van der Waals surface area contributed by atoms with E-state index in [9.17, 15) is 9.59 Å². The Hall–Kier alpha value is -3.58. The lowest BCUT2D eigenvalue weighted by Gasteiger charge is -2.11. The first-order chi connectivity index (χ1) is 17.9. The minimum atomic E-state index is -0.458. The van der Waals surface area contributed by atoms with Gasteiger partial charge in [0.25, 0.3) is 5.91 Å². The Bertz CT molecular complexity index is 1420. The lowest BCUT2D eigenvalue weighted by molar-refractivity contribution is 0.0529. The number of amides is 1. The van der Waals surface area contributed by atoms with Crippen LogP contribution in [0.5, 0.6) is 5.75 Å². The molecule has 0 aliphatic rings. The molecule has 7 heteroatoms. The summed E-state index contributed by atoms with van der Waals surface area (Å²) in [7, 11) is 0. The van der Waals surface area contributed by atoms with Gasteiger partial charge in [0.05, 0.1) is 13.2 Å². The second-order valence-corrected chi connectivity index (χ2v) is 9.70. The van der Waals surface area contributed by atoms with Gasteiger partial charge in [-0.2, -0.15) is 0 Å². The van der Waals surface area contributed by atoms with Crippen molar-refractivity contribution < 1.29 is 19.1 Å². The summed E-state index contributed by atoms with van der Waals surface area (Å²) in [6, 6.07) is 14.0. The Labute approximate surface area is 222 Å². The van der Waals surface area contributed by atoms with Crippen molar-refractivity contribution in [3.63, 3.8) is 0 Å². The van der Waals surface area contributed by atoms with Crippen LogP contribution in [-0.4, -0.2) is 29.7 Å². The molecule has 194 valence electrons. The van der Waals surface area contributed by atoms with Crippen LogP contribution in [0.25, 0.3) is 22.0 Å². The van der Waals surface area contributed by atoms with Crippen molar-refractivity contribution in [3.8, 4) is 16.9 Å². The van der Waals surface area contributed by atoms with Gasteiger partial charge in [-0.3, -0.25) is 4.79 Å². The molecule has 0 bridgehead atoms. The minimum Gasteiger partial charge on any atom is -0.494 e. The quantitative estimate of drug-likeness (QED) is 0.221. The highest BCUT2D eigenvalue weighted by molar-refractivity contribution is 7.15. The van der Waals surface area contributed by atoms with Gasteiger partial charge in [-0.15, -0.1) is 11.3 Å². The second-order valence-electron chi connectivity index (χ2n) is 8.82. The fraction of sp³-hybridized carbons (Fsp3) is 0.333. The van der Waals surface area contributed by atoms with Gasteiger partial charge in [0, 0.05) is 28.4 Å². The summed E-state index contributed by atoms with van der Waals surface area (Å²) in [5.41, 5.74) is 5.75. The third-order valence-corrected chi connectivity index (χ3v) is 7.35. The normalized spacial score (nSPS) is 11.1. The van der Waals surface area contributed by atoms with E-state index in [4.69, 9.17) is 9.47 Å². The first kappa shape index (κ1) is 26.5. The molecule has 0 saturated heterocycles. The number of fused-ring (bicyclic) bond motifs is 1. The maximum Gasteiger partial charge on any atom is 0.341 e. The van der Waals surface area contributed by atoms with Crippen LogP contribution in [0.4, 0.5) is 5.00 Å². The van der Waals surface area contributed by atoms with E-state index in [1.54, 1.807) is 6.92 Å². The van der Waals surface area contributed by atoms with Crippen LogP contribution >= 0.6 is 11.3 Å². The van der Waals surface area contributed by atoms with Crippen LogP contribution in [-0.2, 0) is 17.7 Å². The Morgan fingerprint density at radius 1 is 1.03 bits per heavy atom. The minimum absolute atomic E-state index is 0.240. The number of ether oxygens (including phenoxy) is 2. The number of carbonyl (C=O) groups excluding carboxylic acids is 2. The van der Waals surface area contributed by atoms with E-state index < -0.39 is 5.97 Å². The predicted octanol–water partition coefficient (Wildman–Crippen LogP) is 7.48. The number of hydrogen-bond acceptors (Lipinski definition) is 5. The van der Waals surface area contributed by atoms with Crippen molar-refractivity contribution in [1.82, 2.24) is 4.57 Å². The van der Waals surface area contributed by atoms with Crippen molar-refractivity contribution in [2.24, 2.45) is 0 Å². The van der Waals surface area contributed by atoms with Gasteiger partial charge in [-0.05, 0) is 74.6 Å². The molecule has 0 aliphatic heterocycles. The van der Waals surface area contributed by atoms with Crippen LogP contribution in [0.3, 0.4) is 0 Å². The van der Waals surface area contributed by atoms with Crippen LogP contribution in [0.2, 0.25) is 0 Å². The van der Waals surface area contributed by atoms with Crippen LogP contribution in [0.15, 0.2) is 47.8 Å². The number of nitrogens with one attached hydrogen (secondary N) is 1. The monoisotopic (exact) mass is 518 g/mol. The van der Waals surface area contributed by atoms with Crippen LogP contribution in [0.1, 0.15) is 66.1 Å². The van der Waals surface area contributed by atoms with E-state index in [0.717, 1.165) is 46.2 Å². The van der Waals surface area contributed by atoms with Crippen LogP contribution in [0, 0.1) is 6.92 Å². The number of benzene rings is 2. The highest BCUT2D eigenvalue weighted by Crippen LogP contribution is 2.38. The van der Waals surface area contributed by atoms with E-state index >= 15 is 0 Å². The number of aromatic nitrogens is 1. The molecule has 0 atom stereocenters. The number of nitrogens with zero attached hydrogens (tertiary/aromatic N) is 1. The molecule has 0 spiro atoms. The van der Waals surface area contributed by atoms with Gasteiger partial charge >= 0.3 is 5.97 Å². The molecular weight excluding hydrogens is 484 g/mol. The van der Waals surface area contributed by atoms with Crippen molar-refractivity contribution in [2.75, 3.05) is 18.5 Å². The van der Waals surface area contributed by atoms with Crippen LogP contribution < -0.4 is 10.1 Å². The molecule has 37 heavy (non-hydrogen) atoms. The molecule has 6 nitrogen and oxygen atoms in total. The van der Waals surface area contributed by atoms with Crippen molar-refractivity contribution in [2.45, 2.75) is 54.0 Å². The molecule has 2 heterocycles. The summed E-state index contributed by atoms with van der Waals surface area (Å²) in [6.07, 6.45) is 1.86. The fourth-order valence-corrected chi connectivity index (χ4v) is 5.54. The zero-order valence-corrected chi connectivity index (χ0v) is 23.0. The van der Waals surface area contributed by atoms with Crippen molar-refractivity contribution >= 4 is 39.1 Å². The van der Waals surface area contributed by atoms with E-state index in [0.29, 0.717) is 29.4 Å². The van der Waals surface area contributed by atoms with Gasteiger partial charge in [-0.1, -0.05) is 32.0 Å². The number of aryl methyl sites for hydroxylation is 3. The number of anilines is 1. The third kappa shape index (κ3) is 5.27. The molecule has 4 aromatic rings. The zero-order chi connectivity index (χ0) is 26.5. The van der Waals surface area contributed by atoms with Crippen molar-refractivity contribution in [1.29, 1.82) is 0 Å². The summed E-state index contributed by atoms with van der Waals surface area (Å²) >= 11 is 1.33.